The Labute approximate surface area is 150 Å². The van der Waals surface area contributed by atoms with E-state index in [9.17, 15) is 4.79 Å². The van der Waals surface area contributed by atoms with Gasteiger partial charge < -0.3 is 14.2 Å². The first-order valence-corrected chi connectivity index (χ1v) is 9.07. The monoisotopic (exact) mass is 352 g/mol. The lowest BCUT2D eigenvalue weighted by atomic mass is 10.2. The van der Waals surface area contributed by atoms with Crippen LogP contribution in [0.15, 0.2) is 35.1 Å². The highest BCUT2D eigenvalue weighted by atomic mass is 16.5. The van der Waals surface area contributed by atoms with Crippen LogP contribution in [0, 0.1) is 0 Å². The van der Waals surface area contributed by atoms with E-state index in [4.69, 9.17) is 4.52 Å². The molecule has 3 aromatic heterocycles. The third kappa shape index (κ3) is 2.96. The van der Waals surface area contributed by atoms with Crippen LogP contribution < -0.4 is 5.32 Å². The van der Waals surface area contributed by atoms with Gasteiger partial charge in [-0.05, 0) is 44.4 Å². The smallest absolute Gasteiger partial charge is 0.292 e. The number of hydrogen-bond acceptors (Lipinski definition) is 6. The first-order valence-electron chi connectivity index (χ1n) is 9.07. The number of nitrogens with one attached hydrogen (secondary N) is 1. The Balaban J connectivity index is 1.32. The number of carbonyl (C=O) groups is 1. The Hall–Kier alpha value is -2.74. The zero-order valence-electron chi connectivity index (χ0n) is 14.3. The van der Waals surface area contributed by atoms with Gasteiger partial charge in [-0.2, -0.15) is 4.98 Å². The molecule has 1 aliphatic carbocycles. The van der Waals surface area contributed by atoms with Gasteiger partial charge in [0.2, 0.25) is 5.89 Å². The zero-order valence-corrected chi connectivity index (χ0v) is 14.3. The van der Waals surface area contributed by atoms with E-state index in [-0.39, 0.29) is 23.8 Å². The molecule has 0 radical (unpaired) electrons. The average molecular weight is 352 g/mol. The molecule has 3 aromatic rings. The highest BCUT2D eigenvalue weighted by Gasteiger charge is 2.33. The molecule has 0 bridgehead atoms. The summed E-state index contributed by atoms with van der Waals surface area (Å²) in [5.41, 5.74) is 1.95. The van der Waals surface area contributed by atoms with Gasteiger partial charge in [-0.15, -0.1) is 0 Å². The van der Waals surface area contributed by atoms with Gasteiger partial charge >= 0.3 is 0 Å². The third-order valence-electron chi connectivity index (χ3n) is 4.99. The summed E-state index contributed by atoms with van der Waals surface area (Å²) in [5, 5.41) is 6.76. The summed E-state index contributed by atoms with van der Waals surface area (Å²) in [6.45, 7) is 1.67. The lowest BCUT2D eigenvalue weighted by Gasteiger charge is -2.19. The van der Waals surface area contributed by atoms with Gasteiger partial charge in [0.05, 0.1) is 11.7 Å². The van der Waals surface area contributed by atoms with E-state index in [0.29, 0.717) is 5.89 Å². The second kappa shape index (κ2) is 6.21. The SMILES string of the molecule is O=C(NC1CC1)c1noc(C2CCCN2Cc2cn3ccccc3n2)n1. The Morgan fingerprint density at radius 1 is 1.27 bits per heavy atom. The van der Waals surface area contributed by atoms with Gasteiger partial charge in [0.25, 0.3) is 11.7 Å². The summed E-state index contributed by atoms with van der Waals surface area (Å²) < 4.78 is 7.43. The topological polar surface area (TPSA) is 88.6 Å². The predicted molar refractivity (Wildman–Crippen MR) is 92.4 cm³/mol. The van der Waals surface area contributed by atoms with Crippen molar-refractivity contribution in [2.24, 2.45) is 0 Å². The second-order valence-electron chi connectivity index (χ2n) is 7.03. The minimum Gasteiger partial charge on any atom is -0.346 e. The summed E-state index contributed by atoms with van der Waals surface area (Å²) in [6, 6.07) is 6.28. The maximum Gasteiger partial charge on any atom is 0.292 e. The Kier molecular flexibility index (Phi) is 3.70. The quantitative estimate of drug-likeness (QED) is 0.755. The highest BCUT2D eigenvalue weighted by Crippen LogP contribution is 2.32. The van der Waals surface area contributed by atoms with Crippen LogP contribution in [-0.2, 0) is 6.54 Å². The standard InChI is InChI=1S/C18H20N6O2/c25-17(20-12-6-7-12)16-21-18(26-22-16)14-4-3-9-23(14)10-13-11-24-8-2-1-5-15(24)19-13/h1-2,5,8,11-12,14H,3-4,6-7,9-10H2,(H,20,25). The van der Waals surface area contributed by atoms with Crippen molar-refractivity contribution < 1.29 is 9.32 Å². The molecule has 2 aliphatic rings. The molecular weight excluding hydrogens is 332 g/mol. The molecule has 4 heterocycles. The highest BCUT2D eigenvalue weighted by molar-refractivity contribution is 5.90. The van der Waals surface area contributed by atoms with Crippen molar-refractivity contribution in [3.63, 3.8) is 0 Å². The van der Waals surface area contributed by atoms with E-state index in [1.807, 2.05) is 35.0 Å². The largest absolute Gasteiger partial charge is 0.346 e. The lowest BCUT2D eigenvalue weighted by molar-refractivity contribution is 0.0937. The summed E-state index contributed by atoms with van der Waals surface area (Å²) in [5.74, 6) is 0.408. The van der Waals surface area contributed by atoms with E-state index < -0.39 is 0 Å². The van der Waals surface area contributed by atoms with Crippen molar-refractivity contribution in [3.05, 3.63) is 48.0 Å². The number of nitrogens with zero attached hydrogens (tertiary/aromatic N) is 5. The van der Waals surface area contributed by atoms with Crippen molar-refractivity contribution in [1.82, 2.24) is 29.7 Å². The molecule has 1 saturated carbocycles. The molecule has 26 heavy (non-hydrogen) atoms. The number of likely N-dealkylation sites (tertiary alicyclic amines) is 1. The molecule has 0 spiro atoms. The molecule has 134 valence electrons. The number of rotatable bonds is 5. The molecule has 2 fully saturated rings. The van der Waals surface area contributed by atoms with Crippen LogP contribution >= 0.6 is 0 Å². The van der Waals surface area contributed by atoms with Crippen molar-refractivity contribution in [2.75, 3.05) is 6.54 Å². The first-order chi connectivity index (χ1) is 12.8. The zero-order chi connectivity index (χ0) is 17.5. The molecule has 1 atom stereocenters. The van der Waals surface area contributed by atoms with Gasteiger partial charge in [-0.1, -0.05) is 11.2 Å². The number of fused-ring (bicyclic) bond motifs is 1. The summed E-state index contributed by atoms with van der Waals surface area (Å²) in [7, 11) is 0. The maximum absolute atomic E-state index is 12.1. The summed E-state index contributed by atoms with van der Waals surface area (Å²) >= 11 is 0. The molecule has 8 heteroatoms. The second-order valence-corrected chi connectivity index (χ2v) is 7.03. The van der Waals surface area contributed by atoms with Gasteiger partial charge in [0.1, 0.15) is 5.65 Å². The number of carbonyl (C=O) groups excluding carboxylic acids is 1. The van der Waals surface area contributed by atoms with E-state index in [0.717, 1.165) is 50.1 Å². The van der Waals surface area contributed by atoms with E-state index in [2.05, 4.69) is 25.3 Å². The van der Waals surface area contributed by atoms with Crippen molar-refractivity contribution in [1.29, 1.82) is 0 Å². The van der Waals surface area contributed by atoms with Crippen LogP contribution in [0.5, 0.6) is 0 Å². The van der Waals surface area contributed by atoms with Crippen LogP contribution in [-0.4, -0.2) is 42.9 Å². The normalized spacial score (nSPS) is 20.7. The molecule has 0 aromatic carbocycles. The van der Waals surface area contributed by atoms with Crippen LogP contribution in [0.2, 0.25) is 0 Å². The number of imidazole rings is 1. The average Bonchev–Trinajstić information content (AvgIpc) is 3.06. The van der Waals surface area contributed by atoms with Crippen molar-refractivity contribution in [2.45, 2.75) is 44.3 Å². The van der Waals surface area contributed by atoms with Crippen molar-refractivity contribution >= 4 is 11.6 Å². The first kappa shape index (κ1) is 15.5. The number of aromatic nitrogens is 4. The fraction of sp³-hybridized carbons (Fsp3) is 0.444. The van der Waals surface area contributed by atoms with E-state index >= 15 is 0 Å². The summed E-state index contributed by atoms with van der Waals surface area (Å²) in [4.78, 5) is 23.4. The maximum atomic E-state index is 12.1. The van der Waals surface area contributed by atoms with Gasteiger partial charge in [0.15, 0.2) is 0 Å². The summed E-state index contributed by atoms with van der Waals surface area (Å²) in [6.07, 6.45) is 8.12. The van der Waals surface area contributed by atoms with E-state index in [1.165, 1.54) is 0 Å². The molecule has 1 amide bonds. The molecule has 1 N–H and O–H groups in total. The molecule has 1 unspecified atom stereocenters. The molecule has 5 rings (SSSR count). The molecular formula is C18H20N6O2. The third-order valence-corrected chi connectivity index (χ3v) is 4.99. The van der Waals surface area contributed by atoms with Gasteiger partial charge in [-0.25, -0.2) is 4.98 Å². The number of pyridine rings is 1. The fourth-order valence-electron chi connectivity index (χ4n) is 3.51. The minimum absolute atomic E-state index is 0.0368. The molecule has 1 aliphatic heterocycles. The number of hydrogen-bond donors (Lipinski definition) is 1. The van der Waals surface area contributed by atoms with Crippen LogP contribution in [0.3, 0.4) is 0 Å². The Morgan fingerprint density at radius 2 is 2.19 bits per heavy atom. The Morgan fingerprint density at radius 3 is 3.04 bits per heavy atom. The predicted octanol–water partition coefficient (Wildman–Crippen LogP) is 1.95. The Bertz CT molecular complexity index is 911. The van der Waals surface area contributed by atoms with Gasteiger partial charge in [-0.3, -0.25) is 9.69 Å². The minimum atomic E-state index is -0.243. The fourth-order valence-corrected chi connectivity index (χ4v) is 3.51. The van der Waals surface area contributed by atoms with Gasteiger partial charge in [0, 0.05) is 25.0 Å². The molecule has 8 nitrogen and oxygen atoms in total. The lowest BCUT2D eigenvalue weighted by Crippen LogP contribution is -2.27. The van der Waals surface area contributed by atoms with E-state index in [1.54, 1.807) is 0 Å². The van der Waals surface area contributed by atoms with Crippen LogP contribution in [0.1, 0.15) is 53.9 Å². The number of amides is 1. The van der Waals surface area contributed by atoms with Crippen molar-refractivity contribution in [3.8, 4) is 0 Å². The molecule has 1 saturated heterocycles. The van der Waals surface area contributed by atoms with Crippen LogP contribution in [0.4, 0.5) is 0 Å². The van der Waals surface area contributed by atoms with Crippen LogP contribution in [0.25, 0.3) is 5.65 Å².